The Bertz CT molecular complexity index is 1320. The van der Waals surface area contributed by atoms with Gasteiger partial charge in [0.1, 0.15) is 18.0 Å². The van der Waals surface area contributed by atoms with Crippen molar-refractivity contribution in [3.05, 3.63) is 89.9 Å². The lowest BCUT2D eigenvalue weighted by Gasteiger charge is -2.11. The number of carbonyl (C=O) groups excluding carboxylic acids is 2. The van der Waals surface area contributed by atoms with Crippen LogP contribution in [0.5, 0.6) is 5.75 Å². The van der Waals surface area contributed by atoms with Crippen LogP contribution in [-0.2, 0) is 11.4 Å². The van der Waals surface area contributed by atoms with E-state index in [2.05, 4.69) is 15.6 Å². The van der Waals surface area contributed by atoms with Crippen LogP contribution in [0.15, 0.2) is 73.1 Å². The highest BCUT2D eigenvalue weighted by Crippen LogP contribution is 2.30. The molecule has 33 heavy (non-hydrogen) atoms. The molecule has 4 aromatic rings. The predicted molar refractivity (Wildman–Crippen MR) is 126 cm³/mol. The maximum atomic E-state index is 12.9. The lowest BCUT2D eigenvalue weighted by atomic mass is 10.1. The van der Waals surface area contributed by atoms with Crippen LogP contribution in [0.3, 0.4) is 0 Å². The molecule has 7 heteroatoms. The first kappa shape index (κ1) is 20.8. The van der Waals surface area contributed by atoms with E-state index < -0.39 is 0 Å². The van der Waals surface area contributed by atoms with E-state index >= 15 is 0 Å². The van der Waals surface area contributed by atoms with Crippen molar-refractivity contribution in [3.63, 3.8) is 0 Å². The normalized spacial score (nSPS) is 13.0. The van der Waals surface area contributed by atoms with Gasteiger partial charge in [-0.2, -0.15) is 0 Å². The highest BCUT2D eigenvalue weighted by molar-refractivity contribution is 6.06. The van der Waals surface area contributed by atoms with Crippen molar-refractivity contribution in [1.82, 2.24) is 9.38 Å². The third kappa shape index (κ3) is 4.72. The van der Waals surface area contributed by atoms with E-state index in [-0.39, 0.29) is 24.3 Å². The average Bonchev–Trinajstić information content (AvgIpc) is 3.59. The fraction of sp³-hybridized carbons (Fsp3) is 0.192. The number of ether oxygens (including phenoxy) is 1. The number of rotatable bonds is 7. The summed E-state index contributed by atoms with van der Waals surface area (Å²) >= 11 is 0. The van der Waals surface area contributed by atoms with Crippen molar-refractivity contribution < 1.29 is 14.3 Å². The highest BCUT2D eigenvalue weighted by Gasteiger charge is 2.29. The van der Waals surface area contributed by atoms with Gasteiger partial charge in [0.25, 0.3) is 5.91 Å². The molecule has 1 saturated carbocycles. The molecule has 1 fully saturated rings. The molecule has 0 bridgehead atoms. The van der Waals surface area contributed by atoms with Gasteiger partial charge in [-0.3, -0.25) is 9.59 Å². The van der Waals surface area contributed by atoms with Gasteiger partial charge in [0.15, 0.2) is 0 Å². The van der Waals surface area contributed by atoms with Crippen molar-refractivity contribution in [2.75, 3.05) is 10.6 Å². The number of pyridine rings is 1. The molecule has 0 atom stereocenters. The van der Waals surface area contributed by atoms with E-state index in [1.165, 1.54) is 0 Å². The molecule has 2 aromatic carbocycles. The number of anilines is 2. The number of fused-ring (bicyclic) bond motifs is 1. The molecule has 1 aliphatic carbocycles. The first-order valence-corrected chi connectivity index (χ1v) is 10.9. The lowest BCUT2D eigenvalue weighted by Crippen LogP contribution is -2.15. The Kier molecular flexibility index (Phi) is 5.52. The molecular formula is C26H24N4O3. The van der Waals surface area contributed by atoms with Crippen LogP contribution in [-0.4, -0.2) is 21.2 Å². The zero-order valence-electron chi connectivity index (χ0n) is 18.2. The van der Waals surface area contributed by atoms with Gasteiger partial charge in [0.2, 0.25) is 5.91 Å². The van der Waals surface area contributed by atoms with Gasteiger partial charge in [-0.05, 0) is 67.8 Å². The Morgan fingerprint density at radius 2 is 1.73 bits per heavy atom. The summed E-state index contributed by atoms with van der Waals surface area (Å²) in [6.07, 6.45) is 5.79. The van der Waals surface area contributed by atoms with Gasteiger partial charge in [0.05, 0.1) is 11.3 Å². The van der Waals surface area contributed by atoms with Crippen LogP contribution in [0.1, 0.15) is 34.5 Å². The lowest BCUT2D eigenvalue weighted by molar-refractivity contribution is -0.117. The van der Waals surface area contributed by atoms with E-state index in [9.17, 15) is 9.59 Å². The predicted octanol–water partition coefficient (Wildman–Crippen LogP) is 4.82. The second kappa shape index (κ2) is 8.78. The van der Waals surface area contributed by atoms with Crippen LogP contribution in [0.2, 0.25) is 0 Å². The molecule has 0 saturated heterocycles. The van der Waals surface area contributed by atoms with Crippen LogP contribution in [0, 0.1) is 12.8 Å². The quantitative estimate of drug-likeness (QED) is 0.431. The summed E-state index contributed by atoms with van der Waals surface area (Å²) < 4.78 is 7.92. The molecule has 0 aliphatic heterocycles. The molecule has 2 N–H and O–H groups in total. The number of para-hydroxylation sites is 1. The standard InChI is InChI=1S/C26H24N4O3/c1-17-5-4-14-30-15-21(27-24(17)30)16-33-23-7-3-2-6-22(23)26(32)29-20-12-10-19(11-13-20)28-25(31)18-8-9-18/h2-7,10-15,18H,8-9,16H2,1H3,(H,28,31)(H,29,32). The van der Waals surface area contributed by atoms with Gasteiger partial charge < -0.3 is 19.8 Å². The van der Waals surface area contributed by atoms with Gasteiger partial charge >= 0.3 is 0 Å². The summed E-state index contributed by atoms with van der Waals surface area (Å²) in [6, 6.07) is 18.2. The van der Waals surface area contributed by atoms with E-state index in [0.29, 0.717) is 17.0 Å². The Balaban J connectivity index is 1.25. The zero-order chi connectivity index (χ0) is 22.8. The van der Waals surface area contributed by atoms with Crippen LogP contribution >= 0.6 is 0 Å². The Morgan fingerprint density at radius 3 is 2.45 bits per heavy atom. The Hall–Kier alpha value is -4.13. The molecule has 1 aliphatic rings. The molecule has 2 aromatic heterocycles. The van der Waals surface area contributed by atoms with Crippen molar-refractivity contribution in [2.45, 2.75) is 26.4 Å². The largest absolute Gasteiger partial charge is 0.486 e. The maximum absolute atomic E-state index is 12.9. The molecule has 2 amide bonds. The van der Waals surface area contributed by atoms with E-state index in [0.717, 1.165) is 35.4 Å². The molecule has 0 unspecified atom stereocenters. The summed E-state index contributed by atoms with van der Waals surface area (Å²) in [5.41, 5.74) is 4.54. The number of hydrogen-bond donors (Lipinski definition) is 2. The maximum Gasteiger partial charge on any atom is 0.259 e. The summed E-state index contributed by atoms with van der Waals surface area (Å²) in [5.74, 6) is 0.410. The minimum Gasteiger partial charge on any atom is -0.486 e. The van der Waals surface area contributed by atoms with Gasteiger partial charge in [-0.1, -0.05) is 18.2 Å². The van der Waals surface area contributed by atoms with Crippen LogP contribution < -0.4 is 15.4 Å². The van der Waals surface area contributed by atoms with Crippen molar-refractivity contribution in [1.29, 1.82) is 0 Å². The number of nitrogens with zero attached hydrogens (tertiary/aromatic N) is 2. The third-order valence-corrected chi connectivity index (χ3v) is 5.59. The number of hydrogen-bond acceptors (Lipinski definition) is 4. The topological polar surface area (TPSA) is 84.7 Å². The third-order valence-electron chi connectivity index (χ3n) is 5.59. The van der Waals surface area contributed by atoms with Gasteiger partial charge in [0, 0.05) is 29.7 Å². The smallest absolute Gasteiger partial charge is 0.259 e. The first-order chi connectivity index (χ1) is 16.1. The number of aryl methyl sites for hydroxylation is 1. The van der Waals surface area contributed by atoms with Crippen molar-refractivity contribution >= 4 is 28.8 Å². The molecule has 0 radical (unpaired) electrons. The summed E-state index contributed by atoms with van der Waals surface area (Å²) in [6.45, 7) is 2.26. The second-order valence-electron chi connectivity index (χ2n) is 8.23. The van der Waals surface area contributed by atoms with E-state index in [1.54, 1.807) is 42.5 Å². The minimum absolute atomic E-state index is 0.0543. The molecule has 5 rings (SSSR count). The number of amides is 2. The SMILES string of the molecule is Cc1cccn2cc(COc3ccccc3C(=O)Nc3ccc(NC(=O)C4CC4)cc3)nc12. The molecule has 7 nitrogen and oxygen atoms in total. The monoisotopic (exact) mass is 440 g/mol. The summed E-state index contributed by atoms with van der Waals surface area (Å²) in [4.78, 5) is 29.4. The zero-order valence-corrected chi connectivity index (χ0v) is 18.2. The molecule has 2 heterocycles. The fourth-order valence-electron chi connectivity index (χ4n) is 3.63. The fourth-order valence-corrected chi connectivity index (χ4v) is 3.63. The van der Waals surface area contributed by atoms with Crippen molar-refractivity contribution in [2.24, 2.45) is 5.92 Å². The van der Waals surface area contributed by atoms with E-state index in [4.69, 9.17) is 4.74 Å². The minimum atomic E-state index is -0.272. The summed E-state index contributed by atoms with van der Waals surface area (Å²) in [5, 5.41) is 5.78. The molecule has 166 valence electrons. The summed E-state index contributed by atoms with van der Waals surface area (Å²) in [7, 11) is 0. The second-order valence-corrected chi connectivity index (χ2v) is 8.23. The highest BCUT2D eigenvalue weighted by atomic mass is 16.5. The average molecular weight is 441 g/mol. The Morgan fingerprint density at radius 1 is 1.00 bits per heavy atom. The number of imidazole rings is 1. The van der Waals surface area contributed by atoms with Crippen LogP contribution in [0.4, 0.5) is 11.4 Å². The van der Waals surface area contributed by atoms with Crippen molar-refractivity contribution in [3.8, 4) is 5.75 Å². The molecule has 0 spiro atoms. The van der Waals surface area contributed by atoms with Gasteiger partial charge in [-0.15, -0.1) is 0 Å². The van der Waals surface area contributed by atoms with E-state index in [1.807, 2.05) is 41.9 Å². The van der Waals surface area contributed by atoms with Crippen LogP contribution in [0.25, 0.3) is 5.65 Å². The first-order valence-electron chi connectivity index (χ1n) is 10.9. The number of nitrogens with one attached hydrogen (secondary N) is 2. The number of carbonyl (C=O) groups is 2. The number of aromatic nitrogens is 2. The Labute approximate surface area is 191 Å². The molecular weight excluding hydrogens is 416 g/mol. The van der Waals surface area contributed by atoms with Gasteiger partial charge in [-0.25, -0.2) is 4.98 Å². The number of benzene rings is 2.